The van der Waals surface area contributed by atoms with Crippen molar-refractivity contribution < 1.29 is 0 Å². The maximum atomic E-state index is 4.28. The monoisotopic (exact) mass is 178 g/mol. The molecule has 0 unspecified atom stereocenters. The van der Waals surface area contributed by atoms with Gasteiger partial charge in [-0.15, -0.1) is 0 Å². The topological polar surface area (TPSA) is 41.1 Å². The van der Waals surface area contributed by atoms with Gasteiger partial charge in [-0.3, -0.25) is 0 Å². The van der Waals surface area contributed by atoms with E-state index in [-0.39, 0.29) is 0 Å². The molecule has 70 valence electrons. The SMILES string of the molecule is CNc1ncnc(N2CCC2)c1C. The summed E-state index contributed by atoms with van der Waals surface area (Å²) < 4.78 is 0. The molecule has 1 aliphatic rings. The third-order valence-electron chi connectivity index (χ3n) is 2.45. The second kappa shape index (κ2) is 3.20. The largest absolute Gasteiger partial charge is 0.373 e. The molecule has 4 nitrogen and oxygen atoms in total. The molecule has 13 heavy (non-hydrogen) atoms. The highest BCUT2D eigenvalue weighted by atomic mass is 15.2. The zero-order chi connectivity index (χ0) is 9.26. The first kappa shape index (κ1) is 8.29. The Hall–Kier alpha value is -1.32. The molecule has 0 aliphatic carbocycles. The van der Waals surface area contributed by atoms with E-state index in [1.54, 1.807) is 6.33 Å². The van der Waals surface area contributed by atoms with Gasteiger partial charge in [-0.25, -0.2) is 9.97 Å². The summed E-state index contributed by atoms with van der Waals surface area (Å²) >= 11 is 0. The summed E-state index contributed by atoms with van der Waals surface area (Å²) in [7, 11) is 1.88. The lowest BCUT2D eigenvalue weighted by molar-refractivity contribution is 0.607. The van der Waals surface area contributed by atoms with Crippen LogP contribution in [-0.2, 0) is 0 Å². The average Bonchev–Trinajstić information content (AvgIpc) is 2.05. The van der Waals surface area contributed by atoms with E-state index in [4.69, 9.17) is 0 Å². The van der Waals surface area contributed by atoms with Crippen LogP contribution < -0.4 is 10.2 Å². The van der Waals surface area contributed by atoms with Crippen LogP contribution in [0.25, 0.3) is 0 Å². The number of hydrogen-bond acceptors (Lipinski definition) is 4. The maximum Gasteiger partial charge on any atom is 0.137 e. The average molecular weight is 178 g/mol. The van der Waals surface area contributed by atoms with Crippen LogP contribution in [0.1, 0.15) is 12.0 Å². The Kier molecular flexibility index (Phi) is 2.04. The van der Waals surface area contributed by atoms with E-state index in [2.05, 4.69) is 27.1 Å². The van der Waals surface area contributed by atoms with E-state index in [1.165, 1.54) is 6.42 Å². The Morgan fingerprint density at radius 2 is 2.15 bits per heavy atom. The van der Waals surface area contributed by atoms with Crippen molar-refractivity contribution in [3.05, 3.63) is 11.9 Å². The van der Waals surface area contributed by atoms with Crippen LogP contribution in [0.2, 0.25) is 0 Å². The van der Waals surface area contributed by atoms with Crippen LogP contribution in [0.3, 0.4) is 0 Å². The van der Waals surface area contributed by atoms with Gasteiger partial charge < -0.3 is 10.2 Å². The molecule has 0 amide bonds. The quantitative estimate of drug-likeness (QED) is 0.734. The van der Waals surface area contributed by atoms with Crippen molar-refractivity contribution in [3.8, 4) is 0 Å². The Labute approximate surface area is 78.0 Å². The minimum absolute atomic E-state index is 0.928. The van der Waals surface area contributed by atoms with Crippen LogP contribution in [0.5, 0.6) is 0 Å². The standard InChI is InChI=1S/C9H14N4/c1-7-8(10-2)11-6-12-9(7)13-4-3-5-13/h6H,3-5H2,1-2H3,(H,10,11,12). The highest BCUT2D eigenvalue weighted by molar-refractivity contribution is 5.58. The smallest absolute Gasteiger partial charge is 0.137 e. The van der Waals surface area contributed by atoms with E-state index in [9.17, 15) is 0 Å². The third-order valence-corrected chi connectivity index (χ3v) is 2.45. The summed E-state index contributed by atoms with van der Waals surface area (Å²) in [6.45, 7) is 4.31. The van der Waals surface area contributed by atoms with Gasteiger partial charge in [0.05, 0.1) is 0 Å². The van der Waals surface area contributed by atoms with Crippen molar-refractivity contribution in [2.75, 3.05) is 30.4 Å². The Bertz CT molecular complexity index is 306. The van der Waals surface area contributed by atoms with Gasteiger partial charge in [0.25, 0.3) is 0 Å². The van der Waals surface area contributed by atoms with Gasteiger partial charge in [0, 0.05) is 25.7 Å². The molecular weight excluding hydrogens is 164 g/mol. The molecule has 4 heteroatoms. The molecule has 1 N–H and O–H groups in total. The first-order valence-electron chi connectivity index (χ1n) is 4.57. The van der Waals surface area contributed by atoms with Crippen molar-refractivity contribution in [1.82, 2.24) is 9.97 Å². The Morgan fingerprint density at radius 1 is 1.38 bits per heavy atom. The fourth-order valence-corrected chi connectivity index (χ4v) is 1.54. The second-order valence-corrected chi connectivity index (χ2v) is 3.26. The minimum Gasteiger partial charge on any atom is -0.373 e. The number of rotatable bonds is 2. The summed E-state index contributed by atoms with van der Waals surface area (Å²) in [5, 5.41) is 3.06. The lowest BCUT2D eigenvalue weighted by Crippen LogP contribution is -2.38. The predicted molar refractivity (Wildman–Crippen MR) is 53.1 cm³/mol. The number of nitrogens with one attached hydrogen (secondary N) is 1. The molecule has 0 bridgehead atoms. The van der Waals surface area contributed by atoms with Crippen LogP contribution in [0, 0.1) is 6.92 Å². The van der Waals surface area contributed by atoms with E-state index < -0.39 is 0 Å². The molecule has 1 aliphatic heterocycles. The molecule has 1 fully saturated rings. The van der Waals surface area contributed by atoms with E-state index in [1.807, 2.05) is 7.05 Å². The summed E-state index contributed by atoms with van der Waals surface area (Å²) in [6.07, 6.45) is 2.89. The minimum atomic E-state index is 0.928. The molecule has 1 saturated heterocycles. The fourth-order valence-electron chi connectivity index (χ4n) is 1.54. The number of anilines is 2. The van der Waals surface area contributed by atoms with E-state index in [0.29, 0.717) is 0 Å². The molecule has 2 heterocycles. The lowest BCUT2D eigenvalue weighted by Gasteiger charge is -2.33. The number of hydrogen-bond donors (Lipinski definition) is 1. The molecule has 0 spiro atoms. The molecule has 0 saturated carbocycles. The predicted octanol–water partition coefficient (Wildman–Crippen LogP) is 1.04. The van der Waals surface area contributed by atoms with E-state index in [0.717, 1.165) is 30.3 Å². The highest BCUT2D eigenvalue weighted by Crippen LogP contribution is 2.25. The molecule has 0 radical (unpaired) electrons. The van der Waals surface area contributed by atoms with Gasteiger partial charge in [-0.1, -0.05) is 0 Å². The molecule has 1 aromatic heterocycles. The van der Waals surface area contributed by atoms with Gasteiger partial charge >= 0.3 is 0 Å². The van der Waals surface area contributed by atoms with Crippen molar-refractivity contribution in [2.24, 2.45) is 0 Å². The second-order valence-electron chi connectivity index (χ2n) is 3.26. The molecular formula is C9H14N4. The van der Waals surface area contributed by atoms with Crippen LogP contribution in [-0.4, -0.2) is 30.1 Å². The van der Waals surface area contributed by atoms with E-state index >= 15 is 0 Å². The lowest BCUT2D eigenvalue weighted by atomic mass is 10.2. The number of nitrogens with zero attached hydrogens (tertiary/aromatic N) is 3. The van der Waals surface area contributed by atoms with Gasteiger partial charge in [0.15, 0.2) is 0 Å². The van der Waals surface area contributed by atoms with Crippen LogP contribution >= 0.6 is 0 Å². The van der Waals surface area contributed by atoms with Gasteiger partial charge in [-0.05, 0) is 13.3 Å². The Balaban J connectivity index is 2.33. The maximum absolute atomic E-state index is 4.28. The summed E-state index contributed by atoms with van der Waals surface area (Å²) in [4.78, 5) is 10.7. The zero-order valence-corrected chi connectivity index (χ0v) is 8.04. The number of aromatic nitrogens is 2. The van der Waals surface area contributed by atoms with Crippen molar-refractivity contribution >= 4 is 11.6 Å². The first-order chi connectivity index (χ1) is 6.33. The normalized spacial score (nSPS) is 15.4. The Morgan fingerprint density at radius 3 is 2.69 bits per heavy atom. The highest BCUT2D eigenvalue weighted by Gasteiger charge is 2.18. The van der Waals surface area contributed by atoms with Crippen LogP contribution in [0.4, 0.5) is 11.6 Å². The fraction of sp³-hybridized carbons (Fsp3) is 0.556. The van der Waals surface area contributed by atoms with Crippen LogP contribution in [0.15, 0.2) is 6.33 Å². The van der Waals surface area contributed by atoms with Crippen molar-refractivity contribution in [1.29, 1.82) is 0 Å². The first-order valence-corrected chi connectivity index (χ1v) is 4.57. The van der Waals surface area contributed by atoms with Gasteiger partial charge in [0.1, 0.15) is 18.0 Å². The summed E-state index contributed by atoms with van der Waals surface area (Å²) in [5.41, 5.74) is 1.14. The summed E-state index contributed by atoms with van der Waals surface area (Å²) in [6, 6.07) is 0. The molecule has 2 rings (SSSR count). The van der Waals surface area contributed by atoms with Gasteiger partial charge in [0.2, 0.25) is 0 Å². The van der Waals surface area contributed by atoms with Gasteiger partial charge in [-0.2, -0.15) is 0 Å². The molecule has 0 aromatic carbocycles. The molecule has 0 atom stereocenters. The van der Waals surface area contributed by atoms with Crippen molar-refractivity contribution in [3.63, 3.8) is 0 Å². The molecule has 1 aromatic rings. The zero-order valence-electron chi connectivity index (χ0n) is 8.04. The third kappa shape index (κ3) is 1.32. The van der Waals surface area contributed by atoms with Crippen molar-refractivity contribution in [2.45, 2.75) is 13.3 Å². The summed E-state index contributed by atoms with van der Waals surface area (Å²) in [5.74, 6) is 2.00.